The summed E-state index contributed by atoms with van der Waals surface area (Å²) in [6, 6.07) is 11.2. The highest BCUT2D eigenvalue weighted by Crippen LogP contribution is 2.36. The fourth-order valence-electron chi connectivity index (χ4n) is 2.36. The van der Waals surface area contributed by atoms with Gasteiger partial charge in [0.2, 0.25) is 0 Å². The molecular formula is C17H21N3O2. The molecule has 2 aromatic rings. The lowest BCUT2D eigenvalue weighted by molar-refractivity contribution is -0.147. The van der Waals surface area contributed by atoms with Gasteiger partial charge in [0, 0.05) is 12.4 Å². The lowest BCUT2D eigenvalue weighted by Gasteiger charge is -2.41. The van der Waals surface area contributed by atoms with E-state index in [1.807, 2.05) is 62.1 Å². The number of carbonyl (C=O) groups is 1. The summed E-state index contributed by atoms with van der Waals surface area (Å²) in [5, 5.41) is 0. The Hall–Kier alpha value is -2.43. The molecular weight excluding hydrogens is 278 g/mol. The van der Waals surface area contributed by atoms with E-state index < -0.39 is 5.54 Å². The number of rotatable bonds is 5. The zero-order valence-electron chi connectivity index (χ0n) is 13.4. The molecule has 0 saturated heterocycles. The molecule has 0 spiro atoms. The summed E-state index contributed by atoms with van der Waals surface area (Å²) in [5.41, 5.74) is -0.919. The quantitative estimate of drug-likeness (QED) is 0.794. The molecule has 2 aromatic heterocycles. The van der Waals surface area contributed by atoms with Crippen molar-refractivity contribution in [3.63, 3.8) is 0 Å². The van der Waals surface area contributed by atoms with E-state index in [4.69, 9.17) is 4.74 Å². The molecule has 116 valence electrons. The van der Waals surface area contributed by atoms with Crippen LogP contribution < -0.4 is 4.90 Å². The second-order valence-corrected chi connectivity index (χ2v) is 5.51. The summed E-state index contributed by atoms with van der Waals surface area (Å²) in [6.45, 7) is 5.82. The third kappa shape index (κ3) is 2.79. The van der Waals surface area contributed by atoms with Crippen LogP contribution in [0.4, 0.5) is 11.6 Å². The standard InChI is InChI=1S/C17H21N3O2/c1-13(2)17(3,16(21)22-4)20(14-9-5-7-11-18-14)15-10-6-8-12-19-15/h5-13H,1-4H3/t17-/m0/s1. The Morgan fingerprint density at radius 1 is 1.09 bits per heavy atom. The van der Waals surface area contributed by atoms with Crippen molar-refractivity contribution in [3.8, 4) is 0 Å². The lowest BCUT2D eigenvalue weighted by Crippen LogP contribution is -2.55. The van der Waals surface area contributed by atoms with Gasteiger partial charge in [0.1, 0.15) is 17.2 Å². The molecule has 0 aliphatic rings. The van der Waals surface area contributed by atoms with E-state index in [2.05, 4.69) is 9.97 Å². The van der Waals surface area contributed by atoms with Crippen LogP contribution in [0.1, 0.15) is 20.8 Å². The van der Waals surface area contributed by atoms with Crippen molar-refractivity contribution in [2.75, 3.05) is 12.0 Å². The van der Waals surface area contributed by atoms with Crippen LogP contribution in [0.15, 0.2) is 48.8 Å². The number of hydrogen-bond acceptors (Lipinski definition) is 5. The molecule has 0 N–H and O–H groups in total. The van der Waals surface area contributed by atoms with Crippen LogP contribution in [0.5, 0.6) is 0 Å². The van der Waals surface area contributed by atoms with Gasteiger partial charge in [0.25, 0.3) is 0 Å². The smallest absolute Gasteiger partial charge is 0.332 e. The van der Waals surface area contributed by atoms with Gasteiger partial charge in [-0.3, -0.25) is 4.90 Å². The maximum absolute atomic E-state index is 12.5. The highest BCUT2D eigenvalue weighted by Gasteiger charge is 2.45. The Kier molecular flexibility index (Phi) is 4.75. The lowest BCUT2D eigenvalue weighted by atomic mass is 9.86. The minimum Gasteiger partial charge on any atom is -0.467 e. The summed E-state index contributed by atoms with van der Waals surface area (Å²) < 4.78 is 5.06. The Morgan fingerprint density at radius 2 is 1.59 bits per heavy atom. The predicted molar refractivity (Wildman–Crippen MR) is 85.9 cm³/mol. The molecule has 0 fully saturated rings. The second-order valence-electron chi connectivity index (χ2n) is 5.51. The van der Waals surface area contributed by atoms with Crippen LogP contribution in [0.25, 0.3) is 0 Å². The van der Waals surface area contributed by atoms with E-state index in [-0.39, 0.29) is 11.9 Å². The van der Waals surface area contributed by atoms with Crippen molar-refractivity contribution in [2.45, 2.75) is 26.3 Å². The number of pyridine rings is 2. The van der Waals surface area contributed by atoms with E-state index in [1.54, 1.807) is 12.4 Å². The van der Waals surface area contributed by atoms with Crippen LogP contribution >= 0.6 is 0 Å². The maximum Gasteiger partial charge on any atom is 0.332 e. The minimum absolute atomic E-state index is 0.0102. The van der Waals surface area contributed by atoms with Gasteiger partial charge in [-0.15, -0.1) is 0 Å². The van der Waals surface area contributed by atoms with Gasteiger partial charge in [0.05, 0.1) is 7.11 Å². The van der Waals surface area contributed by atoms with Crippen LogP contribution in [0, 0.1) is 5.92 Å². The molecule has 2 rings (SSSR count). The first-order valence-electron chi connectivity index (χ1n) is 7.22. The first-order chi connectivity index (χ1) is 10.5. The summed E-state index contributed by atoms with van der Waals surface area (Å²) in [5.74, 6) is 0.980. The number of ether oxygens (including phenoxy) is 1. The van der Waals surface area contributed by atoms with Gasteiger partial charge >= 0.3 is 5.97 Å². The van der Waals surface area contributed by atoms with Crippen molar-refractivity contribution in [3.05, 3.63) is 48.8 Å². The molecule has 1 atom stereocenters. The van der Waals surface area contributed by atoms with E-state index in [0.29, 0.717) is 11.6 Å². The summed E-state index contributed by atoms with van der Waals surface area (Å²) in [4.78, 5) is 23.2. The number of esters is 1. The third-order valence-electron chi connectivity index (χ3n) is 3.94. The molecule has 0 aliphatic heterocycles. The zero-order valence-corrected chi connectivity index (χ0v) is 13.4. The molecule has 22 heavy (non-hydrogen) atoms. The summed E-state index contributed by atoms with van der Waals surface area (Å²) in [7, 11) is 1.40. The average molecular weight is 299 g/mol. The highest BCUT2D eigenvalue weighted by atomic mass is 16.5. The van der Waals surface area contributed by atoms with Gasteiger partial charge in [-0.05, 0) is 37.1 Å². The van der Waals surface area contributed by atoms with Crippen LogP contribution in [-0.2, 0) is 9.53 Å². The second kappa shape index (κ2) is 6.56. The number of aromatic nitrogens is 2. The topological polar surface area (TPSA) is 55.3 Å². The number of carbonyl (C=O) groups excluding carboxylic acids is 1. The van der Waals surface area contributed by atoms with Crippen molar-refractivity contribution in [1.29, 1.82) is 0 Å². The highest BCUT2D eigenvalue weighted by molar-refractivity contribution is 5.87. The molecule has 5 nitrogen and oxygen atoms in total. The molecule has 0 radical (unpaired) electrons. The van der Waals surface area contributed by atoms with Crippen molar-refractivity contribution in [2.24, 2.45) is 5.92 Å². The van der Waals surface area contributed by atoms with Crippen LogP contribution in [-0.4, -0.2) is 28.6 Å². The van der Waals surface area contributed by atoms with E-state index >= 15 is 0 Å². The molecule has 2 heterocycles. The fourth-order valence-corrected chi connectivity index (χ4v) is 2.36. The van der Waals surface area contributed by atoms with E-state index in [1.165, 1.54) is 7.11 Å². The monoisotopic (exact) mass is 299 g/mol. The first kappa shape index (κ1) is 15.9. The molecule has 5 heteroatoms. The van der Waals surface area contributed by atoms with Crippen molar-refractivity contribution < 1.29 is 9.53 Å². The molecule has 0 unspecified atom stereocenters. The number of nitrogens with zero attached hydrogens (tertiary/aromatic N) is 3. The number of methoxy groups -OCH3 is 1. The van der Waals surface area contributed by atoms with Gasteiger partial charge in [0.15, 0.2) is 0 Å². The molecule has 0 aromatic carbocycles. The third-order valence-corrected chi connectivity index (χ3v) is 3.94. The SMILES string of the molecule is COC(=O)[C@](C)(C(C)C)N(c1ccccn1)c1ccccn1. The molecule has 0 saturated carbocycles. The average Bonchev–Trinajstić information content (AvgIpc) is 2.56. The van der Waals surface area contributed by atoms with Gasteiger partial charge in [-0.1, -0.05) is 26.0 Å². The minimum atomic E-state index is -0.919. The van der Waals surface area contributed by atoms with Gasteiger partial charge < -0.3 is 4.74 Å². The summed E-state index contributed by atoms with van der Waals surface area (Å²) >= 11 is 0. The normalized spacial score (nSPS) is 13.5. The maximum atomic E-state index is 12.5. The van der Waals surface area contributed by atoms with Crippen LogP contribution in [0.3, 0.4) is 0 Å². The predicted octanol–water partition coefficient (Wildman–Crippen LogP) is 3.20. The Bertz CT molecular complexity index is 577. The summed E-state index contributed by atoms with van der Waals surface area (Å²) in [6.07, 6.45) is 3.40. The van der Waals surface area contributed by atoms with Crippen LogP contribution in [0.2, 0.25) is 0 Å². The zero-order chi connectivity index (χ0) is 16.2. The Labute approximate surface area is 131 Å². The number of hydrogen-bond donors (Lipinski definition) is 0. The van der Waals surface area contributed by atoms with Crippen molar-refractivity contribution >= 4 is 17.6 Å². The largest absolute Gasteiger partial charge is 0.467 e. The fraction of sp³-hybridized carbons (Fsp3) is 0.353. The number of anilines is 2. The first-order valence-corrected chi connectivity index (χ1v) is 7.22. The Morgan fingerprint density at radius 3 is 1.91 bits per heavy atom. The molecule has 0 bridgehead atoms. The Balaban J connectivity index is 2.65. The molecule has 0 aliphatic carbocycles. The van der Waals surface area contributed by atoms with Gasteiger partial charge in [-0.2, -0.15) is 0 Å². The van der Waals surface area contributed by atoms with E-state index in [0.717, 1.165) is 0 Å². The van der Waals surface area contributed by atoms with E-state index in [9.17, 15) is 4.79 Å². The molecule has 0 amide bonds. The van der Waals surface area contributed by atoms with Gasteiger partial charge in [-0.25, -0.2) is 14.8 Å². The van der Waals surface area contributed by atoms with Crippen molar-refractivity contribution in [1.82, 2.24) is 9.97 Å².